The molecule has 3 N–H and O–H groups in total. The Morgan fingerprint density at radius 1 is 1.23 bits per heavy atom. The summed E-state index contributed by atoms with van der Waals surface area (Å²) >= 11 is 0. The molecule has 0 amide bonds. The summed E-state index contributed by atoms with van der Waals surface area (Å²) in [5, 5.41) is 28.4. The van der Waals surface area contributed by atoms with E-state index in [-0.39, 0.29) is 18.7 Å². The van der Waals surface area contributed by atoms with Crippen molar-refractivity contribution in [3.05, 3.63) is 0 Å². The number of aliphatic hydroxyl groups excluding tert-OH is 3. The molecule has 0 aliphatic carbocycles. The van der Waals surface area contributed by atoms with Crippen LogP contribution in [0.15, 0.2) is 0 Å². The van der Waals surface area contributed by atoms with Gasteiger partial charge in [-0.05, 0) is 19.8 Å². The summed E-state index contributed by atoms with van der Waals surface area (Å²) in [4.78, 5) is 2.06. The Morgan fingerprint density at radius 3 is 2.54 bits per heavy atom. The Labute approximate surface area is 77.8 Å². The third-order valence-electron chi connectivity index (χ3n) is 3.48. The monoisotopic (exact) mass is 187 g/mol. The predicted molar refractivity (Wildman–Crippen MR) is 47.2 cm³/mol. The van der Waals surface area contributed by atoms with E-state index in [1.165, 1.54) is 0 Å². The molecule has 0 saturated carbocycles. The minimum absolute atomic E-state index is 0.0575. The molecule has 2 fully saturated rings. The molecule has 0 aromatic heterocycles. The zero-order valence-electron chi connectivity index (χ0n) is 7.80. The highest BCUT2D eigenvalue weighted by molar-refractivity contribution is 5.05. The average Bonchev–Trinajstić information content (AvgIpc) is 2.58. The molecule has 2 saturated heterocycles. The van der Waals surface area contributed by atoms with Crippen LogP contribution in [0, 0.1) is 0 Å². The first-order chi connectivity index (χ1) is 6.16. The first-order valence-electron chi connectivity index (χ1n) is 4.91. The molecule has 13 heavy (non-hydrogen) atoms. The van der Waals surface area contributed by atoms with Crippen LogP contribution in [0.25, 0.3) is 0 Å². The summed E-state index contributed by atoms with van der Waals surface area (Å²) in [6.07, 6.45) is 0.515. The maximum absolute atomic E-state index is 9.68. The normalized spacial score (nSPS) is 51.2. The number of rotatable bonds is 1. The molecule has 0 radical (unpaired) electrons. The number of hydrogen-bond donors (Lipinski definition) is 3. The van der Waals surface area contributed by atoms with Gasteiger partial charge >= 0.3 is 0 Å². The van der Waals surface area contributed by atoms with Crippen LogP contribution in [0.2, 0.25) is 0 Å². The fourth-order valence-electron chi connectivity index (χ4n) is 2.79. The van der Waals surface area contributed by atoms with Gasteiger partial charge in [-0.2, -0.15) is 0 Å². The fraction of sp³-hybridized carbons (Fsp3) is 1.00. The molecule has 0 spiro atoms. The van der Waals surface area contributed by atoms with E-state index < -0.39 is 12.2 Å². The summed E-state index contributed by atoms with van der Waals surface area (Å²) in [6, 6.07) is 0.161. The van der Waals surface area contributed by atoms with E-state index in [0.717, 1.165) is 12.8 Å². The van der Waals surface area contributed by atoms with Crippen LogP contribution in [0.3, 0.4) is 0 Å². The van der Waals surface area contributed by atoms with Crippen molar-refractivity contribution in [1.29, 1.82) is 0 Å². The molecule has 2 aliphatic rings. The third-order valence-corrected chi connectivity index (χ3v) is 3.48. The second-order valence-corrected chi connectivity index (χ2v) is 4.17. The van der Waals surface area contributed by atoms with Crippen LogP contribution in [0.4, 0.5) is 0 Å². The first-order valence-corrected chi connectivity index (χ1v) is 4.91. The van der Waals surface area contributed by atoms with Crippen molar-refractivity contribution in [1.82, 2.24) is 4.90 Å². The minimum Gasteiger partial charge on any atom is -0.395 e. The summed E-state index contributed by atoms with van der Waals surface area (Å²) in [5.41, 5.74) is 0. The van der Waals surface area contributed by atoms with Gasteiger partial charge in [-0.1, -0.05) is 0 Å². The standard InChI is InChI=1S/C9H17NO3/c1-5-2-3-6-8(12)9(13)7(4-11)10(5)6/h5-9,11-13H,2-4H2,1H3/t5-,6-,7+,8+,9+/m0/s1. The van der Waals surface area contributed by atoms with Crippen LogP contribution in [-0.4, -0.2) is 57.2 Å². The summed E-state index contributed by atoms with van der Waals surface area (Å²) in [7, 11) is 0. The molecule has 4 nitrogen and oxygen atoms in total. The fourth-order valence-corrected chi connectivity index (χ4v) is 2.79. The van der Waals surface area contributed by atoms with Gasteiger partial charge in [-0.3, -0.25) is 4.90 Å². The van der Waals surface area contributed by atoms with Crippen LogP contribution in [0.5, 0.6) is 0 Å². The Kier molecular flexibility index (Phi) is 2.32. The molecule has 0 unspecified atom stereocenters. The van der Waals surface area contributed by atoms with Crippen molar-refractivity contribution in [2.75, 3.05) is 6.61 Å². The highest BCUT2D eigenvalue weighted by atomic mass is 16.3. The molecule has 2 rings (SSSR count). The van der Waals surface area contributed by atoms with Crippen molar-refractivity contribution in [2.45, 2.75) is 50.1 Å². The minimum atomic E-state index is -0.780. The molecular formula is C9H17NO3. The number of nitrogens with zero attached hydrogens (tertiary/aromatic N) is 1. The second-order valence-electron chi connectivity index (χ2n) is 4.17. The van der Waals surface area contributed by atoms with Crippen molar-refractivity contribution in [2.24, 2.45) is 0 Å². The van der Waals surface area contributed by atoms with Gasteiger partial charge in [0.15, 0.2) is 0 Å². The van der Waals surface area contributed by atoms with Gasteiger partial charge in [-0.25, -0.2) is 0 Å². The smallest absolute Gasteiger partial charge is 0.0991 e. The highest BCUT2D eigenvalue weighted by Gasteiger charge is 2.51. The summed E-state index contributed by atoms with van der Waals surface area (Å²) < 4.78 is 0. The van der Waals surface area contributed by atoms with E-state index in [0.29, 0.717) is 6.04 Å². The van der Waals surface area contributed by atoms with E-state index >= 15 is 0 Å². The zero-order valence-corrected chi connectivity index (χ0v) is 7.80. The molecule has 2 aliphatic heterocycles. The molecule has 76 valence electrons. The molecule has 5 atom stereocenters. The number of hydrogen-bond acceptors (Lipinski definition) is 4. The first kappa shape index (κ1) is 9.40. The van der Waals surface area contributed by atoms with Crippen LogP contribution in [0.1, 0.15) is 19.8 Å². The zero-order chi connectivity index (χ0) is 9.59. The lowest BCUT2D eigenvalue weighted by molar-refractivity contribution is 0.0132. The van der Waals surface area contributed by atoms with Crippen molar-refractivity contribution >= 4 is 0 Å². The number of aliphatic hydroxyl groups is 3. The maximum atomic E-state index is 9.68. The topological polar surface area (TPSA) is 63.9 Å². The Balaban J connectivity index is 2.20. The van der Waals surface area contributed by atoms with Gasteiger partial charge in [0.2, 0.25) is 0 Å². The van der Waals surface area contributed by atoms with E-state index in [1.54, 1.807) is 0 Å². The SMILES string of the molecule is C[C@H]1CC[C@H]2[C@@H](O)[C@H](O)[C@@H](CO)N12. The number of fused-ring (bicyclic) bond motifs is 1. The Morgan fingerprint density at radius 2 is 1.92 bits per heavy atom. The molecule has 0 aromatic rings. The van der Waals surface area contributed by atoms with E-state index in [4.69, 9.17) is 5.11 Å². The van der Waals surface area contributed by atoms with Crippen LogP contribution in [-0.2, 0) is 0 Å². The van der Waals surface area contributed by atoms with Gasteiger partial charge in [0.25, 0.3) is 0 Å². The van der Waals surface area contributed by atoms with Crippen molar-refractivity contribution in [3.8, 4) is 0 Å². The lowest BCUT2D eigenvalue weighted by Crippen LogP contribution is -2.42. The largest absolute Gasteiger partial charge is 0.395 e. The maximum Gasteiger partial charge on any atom is 0.0991 e. The average molecular weight is 187 g/mol. The summed E-state index contributed by atoms with van der Waals surface area (Å²) in [5.74, 6) is 0. The molecule has 2 heterocycles. The Bertz CT molecular complexity index is 197. The lowest BCUT2D eigenvalue weighted by atomic mass is 10.0. The molecular weight excluding hydrogens is 170 g/mol. The Hall–Kier alpha value is -0.160. The van der Waals surface area contributed by atoms with Crippen molar-refractivity contribution in [3.63, 3.8) is 0 Å². The molecule has 0 aromatic carbocycles. The van der Waals surface area contributed by atoms with E-state index in [9.17, 15) is 10.2 Å². The molecule has 0 bridgehead atoms. The van der Waals surface area contributed by atoms with Crippen LogP contribution < -0.4 is 0 Å². The van der Waals surface area contributed by atoms with Gasteiger partial charge < -0.3 is 15.3 Å². The van der Waals surface area contributed by atoms with Gasteiger partial charge in [0.1, 0.15) is 0 Å². The molecule has 4 heteroatoms. The second kappa shape index (κ2) is 3.20. The third kappa shape index (κ3) is 1.21. The van der Waals surface area contributed by atoms with Gasteiger partial charge in [-0.15, -0.1) is 0 Å². The lowest BCUT2D eigenvalue weighted by Gasteiger charge is -2.27. The highest BCUT2D eigenvalue weighted by Crippen LogP contribution is 2.36. The van der Waals surface area contributed by atoms with Gasteiger partial charge in [0.05, 0.1) is 24.9 Å². The van der Waals surface area contributed by atoms with Crippen molar-refractivity contribution < 1.29 is 15.3 Å². The van der Waals surface area contributed by atoms with E-state index in [1.807, 2.05) is 0 Å². The van der Waals surface area contributed by atoms with Crippen LogP contribution >= 0.6 is 0 Å². The quantitative estimate of drug-likeness (QED) is 0.489. The predicted octanol–water partition coefficient (Wildman–Crippen LogP) is -1.06. The summed E-state index contributed by atoms with van der Waals surface area (Å²) in [6.45, 7) is 2.01. The van der Waals surface area contributed by atoms with E-state index in [2.05, 4.69) is 11.8 Å². The van der Waals surface area contributed by atoms with Gasteiger partial charge in [0, 0.05) is 12.1 Å².